The van der Waals surface area contributed by atoms with E-state index in [1.807, 2.05) is 31.3 Å². The van der Waals surface area contributed by atoms with Crippen LogP contribution in [-0.4, -0.2) is 12.2 Å². The number of pyridine rings is 1. The highest BCUT2D eigenvalue weighted by molar-refractivity contribution is 5.81. The Balaban J connectivity index is 2.74. The minimum Gasteiger partial charge on any atom is -0.504 e. The van der Waals surface area contributed by atoms with Gasteiger partial charge in [-0.15, -0.1) is 0 Å². The minimum absolute atomic E-state index is 0.273. The molecule has 0 saturated heterocycles. The number of hydrogen-bond acceptors (Lipinski definition) is 2. The number of rotatable bonds is 1. The predicted octanol–water partition coefficient (Wildman–Crippen LogP) is 1.40. The first-order chi connectivity index (χ1) is 6.31. The van der Waals surface area contributed by atoms with Crippen molar-refractivity contribution < 1.29 is 10.1 Å². The molecule has 66 valence electrons. The molecule has 13 heavy (non-hydrogen) atoms. The van der Waals surface area contributed by atoms with E-state index >= 15 is 0 Å². The highest BCUT2D eigenvalue weighted by Crippen LogP contribution is 2.20. The molecule has 3 heteroatoms. The van der Waals surface area contributed by atoms with E-state index in [0.717, 1.165) is 16.7 Å². The fourth-order valence-corrected chi connectivity index (χ4v) is 1.33. The van der Waals surface area contributed by atoms with E-state index in [1.165, 1.54) is 0 Å². The molecule has 0 unspecified atom stereocenters. The summed E-state index contributed by atoms with van der Waals surface area (Å²) in [7, 11) is 1.83. The predicted molar refractivity (Wildman–Crippen MR) is 51.7 cm³/mol. The van der Waals surface area contributed by atoms with Crippen LogP contribution >= 0.6 is 0 Å². The van der Waals surface area contributed by atoms with Gasteiger partial charge in [-0.25, -0.2) is 4.98 Å². The molecule has 0 aliphatic heterocycles. The molecular weight excluding hydrogens is 164 g/mol. The lowest BCUT2D eigenvalue weighted by molar-refractivity contribution is -0.328. The molecule has 3 N–H and O–H groups in total. The molecule has 0 aliphatic rings. The monoisotopic (exact) mass is 175 g/mol. The molecule has 1 aromatic carbocycles. The number of anilines is 1. The summed E-state index contributed by atoms with van der Waals surface area (Å²) in [5.74, 6) is 1.16. The highest BCUT2D eigenvalue weighted by atomic mass is 16.3. The van der Waals surface area contributed by atoms with Crippen molar-refractivity contribution in [1.29, 1.82) is 0 Å². The largest absolute Gasteiger partial charge is 0.504 e. The molecule has 0 spiro atoms. The van der Waals surface area contributed by atoms with Crippen LogP contribution < -0.4 is 10.3 Å². The molecule has 3 nitrogen and oxygen atoms in total. The van der Waals surface area contributed by atoms with Gasteiger partial charge in [-0.2, -0.15) is 0 Å². The zero-order chi connectivity index (χ0) is 9.26. The second-order valence-electron chi connectivity index (χ2n) is 2.86. The summed E-state index contributed by atoms with van der Waals surface area (Å²) < 4.78 is 0. The van der Waals surface area contributed by atoms with Crippen LogP contribution in [0.4, 0.5) is 5.82 Å². The quantitative estimate of drug-likeness (QED) is 0.688. The summed E-state index contributed by atoms with van der Waals surface area (Å²) in [6.07, 6.45) is 0. The van der Waals surface area contributed by atoms with Crippen LogP contribution in [0.2, 0.25) is 0 Å². The maximum atomic E-state index is 9.53. The number of phenols is 1. The van der Waals surface area contributed by atoms with Gasteiger partial charge in [-0.05, 0) is 12.1 Å². The summed E-state index contributed by atoms with van der Waals surface area (Å²) in [5.41, 5.74) is 0.759. The summed E-state index contributed by atoms with van der Waals surface area (Å²) in [6, 6.07) is 9.33. The second-order valence-corrected chi connectivity index (χ2v) is 2.86. The SMILES string of the molecule is CNc1ccc2cccc(O)c2[nH+]1. The number of aromatic amines is 1. The van der Waals surface area contributed by atoms with Gasteiger partial charge in [0.15, 0.2) is 11.3 Å². The van der Waals surface area contributed by atoms with Crippen LogP contribution in [0.15, 0.2) is 30.3 Å². The lowest BCUT2D eigenvalue weighted by Crippen LogP contribution is -2.10. The summed E-state index contributed by atoms with van der Waals surface area (Å²) in [4.78, 5) is 3.08. The van der Waals surface area contributed by atoms with E-state index in [4.69, 9.17) is 0 Å². The smallest absolute Gasteiger partial charge is 0.272 e. The van der Waals surface area contributed by atoms with Crippen LogP contribution in [-0.2, 0) is 0 Å². The third kappa shape index (κ3) is 1.28. The Hall–Kier alpha value is -1.77. The Kier molecular flexibility index (Phi) is 1.77. The molecule has 0 saturated carbocycles. The van der Waals surface area contributed by atoms with Crippen molar-refractivity contribution in [3.8, 4) is 5.75 Å². The van der Waals surface area contributed by atoms with Crippen molar-refractivity contribution in [2.45, 2.75) is 0 Å². The van der Waals surface area contributed by atoms with Crippen molar-refractivity contribution in [3.63, 3.8) is 0 Å². The molecule has 0 atom stereocenters. The van der Waals surface area contributed by atoms with Gasteiger partial charge in [0.05, 0.1) is 7.05 Å². The average Bonchev–Trinajstić information content (AvgIpc) is 2.18. The molecule has 0 aliphatic carbocycles. The van der Waals surface area contributed by atoms with Gasteiger partial charge in [-0.1, -0.05) is 12.1 Å². The van der Waals surface area contributed by atoms with Gasteiger partial charge in [0.1, 0.15) is 0 Å². The van der Waals surface area contributed by atoms with Crippen LogP contribution in [0.5, 0.6) is 5.75 Å². The Bertz CT molecular complexity index is 440. The molecule has 1 heterocycles. The molecule has 2 aromatic rings. The third-order valence-electron chi connectivity index (χ3n) is 2.03. The van der Waals surface area contributed by atoms with Crippen LogP contribution in [0.1, 0.15) is 0 Å². The first-order valence-corrected chi connectivity index (χ1v) is 4.13. The second kappa shape index (κ2) is 2.94. The van der Waals surface area contributed by atoms with Gasteiger partial charge in [0, 0.05) is 11.5 Å². The van der Waals surface area contributed by atoms with Crippen molar-refractivity contribution >= 4 is 16.7 Å². The topological polar surface area (TPSA) is 46.4 Å². The van der Waals surface area contributed by atoms with E-state index in [9.17, 15) is 5.11 Å². The van der Waals surface area contributed by atoms with E-state index in [-0.39, 0.29) is 5.75 Å². The number of aromatic hydroxyl groups is 1. The minimum atomic E-state index is 0.273. The fraction of sp³-hybridized carbons (Fsp3) is 0.100. The summed E-state index contributed by atoms with van der Waals surface area (Å²) in [6.45, 7) is 0. The third-order valence-corrected chi connectivity index (χ3v) is 2.03. The molecule has 0 bridgehead atoms. The number of para-hydroxylation sites is 1. The van der Waals surface area contributed by atoms with E-state index in [0.29, 0.717) is 0 Å². The lowest BCUT2D eigenvalue weighted by Gasteiger charge is -1.98. The number of nitrogens with one attached hydrogen (secondary N) is 2. The number of hydrogen-bond donors (Lipinski definition) is 2. The normalized spacial score (nSPS) is 10.2. The number of fused-ring (bicyclic) bond motifs is 1. The Morgan fingerprint density at radius 3 is 2.85 bits per heavy atom. The van der Waals surface area contributed by atoms with E-state index in [2.05, 4.69) is 10.3 Å². The number of aromatic nitrogens is 1. The Morgan fingerprint density at radius 2 is 2.08 bits per heavy atom. The maximum absolute atomic E-state index is 9.53. The molecule has 0 fully saturated rings. The molecule has 0 radical (unpaired) electrons. The zero-order valence-corrected chi connectivity index (χ0v) is 7.33. The van der Waals surface area contributed by atoms with Gasteiger partial charge >= 0.3 is 0 Å². The fourth-order valence-electron chi connectivity index (χ4n) is 1.33. The Labute approximate surface area is 76.0 Å². The van der Waals surface area contributed by atoms with Gasteiger partial charge < -0.3 is 5.11 Å². The van der Waals surface area contributed by atoms with Crippen LogP contribution in [0, 0.1) is 0 Å². The van der Waals surface area contributed by atoms with Gasteiger partial charge in [-0.3, -0.25) is 5.32 Å². The van der Waals surface area contributed by atoms with E-state index < -0.39 is 0 Å². The van der Waals surface area contributed by atoms with Crippen molar-refractivity contribution in [2.24, 2.45) is 0 Å². The number of benzene rings is 1. The zero-order valence-electron chi connectivity index (χ0n) is 7.33. The van der Waals surface area contributed by atoms with Gasteiger partial charge in [0.2, 0.25) is 0 Å². The first-order valence-electron chi connectivity index (χ1n) is 4.13. The molecular formula is C10H11N2O+. The molecule has 2 rings (SSSR count). The summed E-state index contributed by atoms with van der Waals surface area (Å²) in [5, 5.41) is 13.5. The van der Waals surface area contributed by atoms with Crippen LogP contribution in [0.25, 0.3) is 10.9 Å². The molecule has 1 aromatic heterocycles. The van der Waals surface area contributed by atoms with Gasteiger partial charge in [0.25, 0.3) is 5.82 Å². The van der Waals surface area contributed by atoms with Crippen molar-refractivity contribution in [3.05, 3.63) is 30.3 Å². The first kappa shape index (κ1) is 7.86. The number of phenolic OH excluding ortho intramolecular Hbond substituents is 1. The van der Waals surface area contributed by atoms with Crippen LogP contribution in [0.3, 0.4) is 0 Å². The highest BCUT2D eigenvalue weighted by Gasteiger charge is 2.04. The molecule has 0 amide bonds. The van der Waals surface area contributed by atoms with Crippen molar-refractivity contribution in [2.75, 3.05) is 12.4 Å². The summed E-state index contributed by atoms with van der Waals surface area (Å²) >= 11 is 0. The average molecular weight is 175 g/mol. The Morgan fingerprint density at radius 1 is 1.23 bits per heavy atom. The lowest BCUT2D eigenvalue weighted by atomic mass is 10.2. The maximum Gasteiger partial charge on any atom is 0.272 e. The van der Waals surface area contributed by atoms with E-state index in [1.54, 1.807) is 6.07 Å². The standard InChI is InChI=1S/C10H10N2O/c1-11-9-6-5-7-3-2-4-8(13)10(7)12-9/h2-6,13H,1H3,(H,11,12)/p+1. The van der Waals surface area contributed by atoms with Crippen molar-refractivity contribution in [1.82, 2.24) is 0 Å². The number of H-pyrrole nitrogens is 1.